The molecule has 0 aliphatic heterocycles. The van der Waals surface area contributed by atoms with Crippen LogP contribution in [0.15, 0.2) is 29.2 Å². The Labute approximate surface area is 129 Å². The zero-order valence-electron chi connectivity index (χ0n) is 13.9. The molecule has 4 nitrogen and oxygen atoms in total. The normalized spacial score (nSPS) is 14.4. The van der Waals surface area contributed by atoms with Crippen molar-refractivity contribution >= 4 is 10.0 Å². The van der Waals surface area contributed by atoms with Gasteiger partial charge in [0.05, 0.1) is 4.90 Å². The summed E-state index contributed by atoms with van der Waals surface area (Å²) in [5.74, 6) is 0. The highest BCUT2D eigenvalue weighted by Gasteiger charge is 2.25. The monoisotopic (exact) mass is 312 g/mol. The minimum Gasteiger partial charge on any atom is -0.310 e. The maximum Gasteiger partial charge on any atom is 0.240 e. The lowest BCUT2D eigenvalue weighted by Crippen LogP contribution is -2.41. The first-order valence-corrected chi connectivity index (χ1v) is 8.85. The number of sulfonamides is 1. The molecule has 1 rings (SSSR count). The molecule has 0 spiro atoms. The van der Waals surface area contributed by atoms with Crippen LogP contribution in [0, 0.1) is 5.41 Å². The van der Waals surface area contributed by atoms with Crippen molar-refractivity contribution in [3.8, 4) is 0 Å². The third kappa shape index (κ3) is 5.77. The van der Waals surface area contributed by atoms with Gasteiger partial charge in [0, 0.05) is 18.6 Å². The van der Waals surface area contributed by atoms with Crippen molar-refractivity contribution in [2.45, 2.75) is 65.1 Å². The average Bonchev–Trinajstić information content (AvgIpc) is 2.35. The molecule has 0 radical (unpaired) electrons. The van der Waals surface area contributed by atoms with Gasteiger partial charge in [0.15, 0.2) is 0 Å². The summed E-state index contributed by atoms with van der Waals surface area (Å²) in [6, 6.07) is 7.30. The van der Waals surface area contributed by atoms with Crippen LogP contribution >= 0.6 is 0 Å². The van der Waals surface area contributed by atoms with E-state index in [1.165, 1.54) is 0 Å². The van der Waals surface area contributed by atoms with E-state index in [2.05, 4.69) is 23.9 Å². The van der Waals surface area contributed by atoms with Crippen molar-refractivity contribution in [2.75, 3.05) is 0 Å². The molecule has 0 bridgehead atoms. The SMILES string of the molecule is CC(C)NCc1ccc(S(=O)(=O)NC(C)C(C)(C)C)cc1. The van der Waals surface area contributed by atoms with Gasteiger partial charge in [-0.2, -0.15) is 0 Å². The number of hydrogen-bond acceptors (Lipinski definition) is 3. The Morgan fingerprint density at radius 2 is 1.57 bits per heavy atom. The summed E-state index contributed by atoms with van der Waals surface area (Å²) in [7, 11) is -3.46. The number of hydrogen-bond donors (Lipinski definition) is 2. The van der Waals surface area contributed by atoms with Crippen molar-refractivity contribution in [1.82, 2.24) is 10.0 Å². The lowest BCUT2D eigenvalue weighted by atomic mass is 9.89. The van der Waals surface area contributed by atoms with E-state index in [9.17, 15) is 8.42 Å². The van der Waals surface area contributed by atoms with E-state index in [1.807, 2.05) is 39.8 Å². The Bertz CT molecular complexity index is 543. The molecule has 5 heteroatoms. The summed E-state index contributed by atoms with van der Waals surface area (Å²) in [5, 5.41) is 3.31. The Balaban J connectivity index is 2.80. The van der Waals surface area contributed by atoms with Crippen LogP contribution < -0.4 is 10.0 Å². The first-order valence-electron chi connectivity index (χ1n) is 7.37. The first kappa shape index (κ1) is 18.1. The molecule has 1 aromatic carbocycles. The minimum atomic E-state index is -3.46. The van der Waals surface area contributed by atoms with E-state index < -0.39 is 10.0 Å². The summed E-state index contributed by atoms with van der Waals surface area (Å²) in [6.45, 7) is 12.8. The Kier molecular flexibility index (Phi) is 5.96. The molecule has 1 aromatic rings. The molecule has 120 valence electrons. The van der Waals surface area contributed by atoms with E-state index >= 15 is 0 Å². The first-order chi connectivity index (χ1) is 9.52. The van der Waals surface area contributed by atoms with Crippen LogP contribution in [-0.2, 0) is 16.6 Å². The Hall–Kier alpha value is -0.910. The number of benzene rings is 1. The fourth-order valence-corrected chi connectivity index (χ4v) is 3.04. The molecule has 0 saturated heterocycles. The molecule has 1 unspecified atom stereocenters. The molecule has 0 aliphatic carbocycles. The zero-order valence-corrected chi connectivity index (χ0v) is 14.7. The van der Waals surface area contributed by atoms with Gasteiger partial charge in [0.25, 0.3) is 0 Å². The van der Waals surface area contributed by atoms with Gasteiger partial charge in [-0.15, -0.1) is 0 Å². The number of rotatable bonds is 6. The topological polar surface area (TPSA) is 58.2 Å². The third-order valence-electron chi connectivity index (χ3n) is 3.58. The lowest BCUT2D eigenvalue weighted by molar-refractivity contribution is 0.317. The van der Waals surface area contributed by atoms with Crippen LogP contribution in [0.25, 0.3) is 0 Å². The smallest absolute Gasteiger partial charge is 0.240 e. The maximum atomic E-state index is 12.3. The van der Waals surface area contributed by atoms with E-state index in [0.29, 0.717) is 10.9 Å². The fourth-order valence-electron chi connectivity index (χ4n) is 1.59. The number of nitrogens with one attached hydrogen (secondary N) is 2. The predicted molar refractivity (Wildman–Crippen MR) is 87.7 cm³/mol. The second-order valence-corrected chi connectivity index (χ2v) is 8.60. The lowest BCUT2D eigenvalue weighted by Gasteiger charge is -2.27. The van der Waals surface area contributed by atoms with Crippen LogP contribution in [0.1, 0.15) is 47.1 Å². The van der Waals surface area contributed by atoms with Crippen LogP contribution in [0.4, 0.5) is 0 Å². The quantitative estimate of drug-likeness (QED) is 0.849. The van der Waals surface area contributed by atoms with Crippen molar-refractivity contribution < 1.29 is 8.42 Å². The molecule has 0 aliphatic rings. The van der Waals surface area contributed by atoms with Gasteiger partial charge in [-0.05, 0) is 30.0 Å². The predicted octanol–water partition coefficient (Wildman–Crippen LogP) is 2.90. The second kappa shape index (κ2) is 6.90. The standard InChI is InChI=1S/C16H28N2O2S/c1-12(2)17-11-14-7-9-15(10-8-14)21(19,20)18-13(3)16(4,5)6/h7-10,12-13,17-18H,11H2,1-6H3. The summed E-state index contributed by atoms with van der Waals surface area (Å²) in [6.07, 6.45) is 0. The van der Waals surface area contributed by atoms with Gasteiger partial charge in [-0.25, -0.2) is 13.1 Å². The molecule has 21 heavy (non-hydrogen) atoms. The molecular weight excluding hydrogens is 284 g/mol. The van der Waals surface area contributed by atoms with Crippen LogP contribution in [0.3, 0.4) is 0 Å². The van der Waals surface area contributed by atoms with Crippen molar-refractivity contribution in [1.29, 1.82) is 0 Å². The van der Waals surface area contributed by atoms with Crippen molar-refractivity contribution in [3.05, 3.63) is 29.8 Å². The van der Waals surface area contributed by atoms with Crippen LogP contribution in [0.5, 0.6) is 0 Å². The largest absolute Gasteiger partial charge is 0.310 e. The van der Waals surface area contributed by atoms with Gasteiger partial charge in [-0.1, -0.05) is 46.8 Å². The fraction of sp³-hybridized carbons (Fsp3) is 0.625. The van der Waals surface area contributed by atoms with Gasteiger partial charge < -0.3 is 5.32 Å². The molecule has 0 amide bonds. The van der Waals surface area contributed by atoms with Gasteiger partial charge >= 0.3 is 0 Å². The maximum absolute atomic E-state index is 12.3. The Morgan fingerprint density at radius 1 is 1.05 bits per heavy atom. The second-order valence-electron chi connectivity index (χ2n) is 6.89. The molecule has 0 heterocycles. The summed E-state index contributed by atoms with van der Waals surface area (Å²) in [4.78, 5) is 0.312. The zero-order chi connectivity index (χ0) is 16.3. The van der Waals surface area contributed by atoms with Crippen molar-refractivity contribution in [2.24, 2.45) is 5.41 Å². The molecule has 0 saturated carbocycles. The van der Waals surface area contributed by atoms with Gasteiger partial charge in [0.2, 0.25) is 10.0 Å². The van der Waals surface area contributed by atoms with Crippen LogP contribution in [0.2, 0.25) is 0 Å². The van der Waals surface area contributed by atoms with E-state index in [4.69, 9.17) is 0 Å². The third-order valence-corrected chi connectivity index (χ3v) is 5.14. The summed E-state index contributed by atoms with van der Waals surface area (Å²) in [5.41, 5.74) is 0.959. The van der Waals surface area contributed by atoms with Gasteiger partial charge in [0.1, 0.15) is 0 Å². The Morgan fingerprint density at radius 3 is 2.00 bits per heavy atom. The molecule has 0 aromatic heterocycles. The summed E-state index contributed by atoms with van der Waals surface area (Å²) < 4.78 is 27.4. The van der Waals surface area contributed by atoms with Crippen LogP contribution in [-0.4, -0.2) is 20.5 Å². The minimum absolute atomic E-state index is 0.117. The molecular formula is C16H28N2O2S. The van der Waals surface area contributed by atoms with E-state index in [0.717, 1.165) is 12.1 Å². The van der Waals surface area contributed by atoms with Crippen molar-refractivity contribution in [3.63, 3.8) is 0 Å². The highest BCUT2D eigenvalue weighted by Crippen LogP contribution is 2.21. The van der Waals surface area contributed by atoms with E-state index in [-0.39, 0.29) is 11.5 Å². The van der Waals surface area contributed by atoms with E-state index in [1.54, 1.807) is 12.1 Å². The van der Waals surface area contributed by atoms with Gasteiger partial charge in [-0.3, -0.25) is 0 Å². The highest BCUT2D eigenvalue weighted by molar-refractivity contribution is 7.89. The molecule has 2 N–H and O–H groups in total. The molecule has 1 atom stereocenters. The molecule has 0 fully saturated rings. The highest BCUT2D eigenvalue weighted by atomic mass is 32.2. The average molecular weight is 312 g/mol. The summed E-state index contributed by atoms with van der Waals surface area (Å²) >= 11 is 0.